The third kappa shape index (κ3) is 4.58. The zero-order valence-corrected chi connectivity index (χ0v) is 10.6. The number of nitrogens with one attached hydrogen (secondary N) is 1. The molecule has 0 spiro atoms. The molecule has 0 aromatic heterocycles. The summed E-state index contributed by atoms with van der Waals surface area (Å²) in [6.45, 7) is 1.36. The zero-order valence-electron chi connectivity index (χ0n) is 9.75. The molecule has 2 N–H and O–H groups in total. The highest BCUT2D eigenvalue weighted by Gasteiger charge is 2.15. The number of thioether (sulfide) groups is 1. The summed E-state index contributed by atoms with van der Waals surface area (Å²) in [7, 11) is 0. The Labute approximate surface area is 109 Å². The number of carbonyl (C=O) groups excluding carboxylic acids is 2. The lowest BCUT2D eigenvalue weighted by Gasteiger charge is -2.08. The average molecular weight is 267 g/mol. The molecule has 0 bridgehead atoms. The number of hydrogen-bond acceptors (Lipinski definition) is 4. The van der Waals surface area contributed by atoms with E-state index >= 15 is 0 Å². The minimum Gasteiger partial charge on any atom is -0.480 e. The fourth-order valence-electron chi connectivity index (χ4n) is 1.13. The standard InChI is InChI=1S/C12H13NO4S/c1-8(11(15)16)13-10(14)7-18-12(17)9-5-3-2-4-6-9/h2-6,8H,7H2,1H3,(H,13,14)(H,15,16). The fraction of sp³-hybridized carbons (Fsp3) is 0.250. The van der Waals surface area contributed by atoms with Crippen molar-refractivity contribution in [3.8, 4) is 0 Å². The van der Waals surface area contributed by atoms with E-state index in [-0.39, 0.29) is 10.9 Å². The highest BCUT2D eigenvalue weighted by Crippen LogP contribution is 2.11. The number of aliphatic carboxylic acids is 1. The van der Waals surface area contributed by atoms with Crippen molar-refractivity contribution < 1.29 is 19.5 Å². The van der Waals surface area contributed by atoms with Crippen LogP contribution in [0.25, 0.3) is 0 Å². The van der Waals surface area contributed by atoms with E-state index in [0.717, 1.165) is 11.8 Å². The molecule has 0 aliphatic rings. The number of amides is 1. The van der Waals surface area contributed by atoms with E-state index in [9.17, 15) is 14.4 Å². The molecule has 0 heterocycles. The topological polar surface area (TPSA) is 83.5 Å². The van der Waals surface area contributed by atoms with Gasteiger partial charge in [0, 0.05) is 5.56 Å². The molecule has 0 radical (unpaired) electrons. The van der Waals surface area contributed by atoms with E-state index in [1.54, 1.807) is 30.3 Å². The van der Waals surface area contributed by atoms with Crippen LogP contribution in [0.5, 0.6) is 0 Å². The Balaban J connectivity index is 2.40. The van der Waals surface area contributed by atoms with Crippen LogP contribution in [-0.4, -0.2) is 33.9 Å². The first-order valence-electron chi connectivity index (χ1n) is 5.25. The summed E-state index contributed by atoms with van der Waals surface area (Å²) in [5, 5.41) is 10.7. The molecule has 0 aliphatic carbocycles. The van der Waals surface area contributed by atoms with E-state index in [1.807, 2.05) is 0 Å². The van der Waals surface area contributed by atoms with Gasteiger partial charge < -0.3 is 10.4 Å². The van der Waals surface area contributed by atoms with Crippen molar-refractivity contribution in [2.24, 2.45) is 0 Å². The molecule has 1 rings (SSSR count). The first kappa shape index (κ1) is 14.2. The molecule has 0 saturated carbocycles. The van der Waals surface area contributed by atoms with Crippen LogP contribution >= 0.6 is 11.8 Å². The summed E-state index contributed by atoms with van der Waals surface area (Å²) in [6.07, 6.45) is 0. The molecular formula is C12H13NO4S. The second-order valence-electron chi connectivity index (χ2n) is 3.57. The lowest BCUT2D eigenvalue weighted by molar-refractivity contribution is -0.140. The lowest BCUT2D eigenvalue weighted by atomic mass is 10.2. The van der Waals surface area contributed by atoms with Crippen molar-refractivity contribution >= 4 is 28.8 Å². The SMILES string of the molecule is CC(NC(=O)CSC(=O)c1ccccc1)C(=O)O. The fourth-order valence-corrected chi connectivity index (χ4v) is 1.78. The maximum atomic E-state index is 11.6. The third-order valence-electron chi connectivity index (χ3n) is 2.09. The molecule has 1 amide bonds. The summed E-state index contributed by atoms with van der Waals surface area (Å²) in [5.41, 5.74) is 0.515. The second kappa shape index (κ2) is 6.80. The first-order valence-corrected chi connectivity index (χ1v) is 6.23. The smallest absolute Gasteiger partial charge is 0.325 e. The molecule has 5 nitrogen and oxygen atoms in total. The van der Waals surface area contributed by atoms with Crippen LogP contribution in [0.1, 0.15) is 17.3 Å². The molecule has 1 aromatic rings. The number of hydrogen-bond donors (Lipinski definition) is 2. The minimum absolute atomic E-state index is 0.0919. The van der Waals surface area contributed by atoms with Gasteiger partial charge in [0.2, 0.25) is 11.0 Å². The number of carboxylic acids is 1. The van der Waals surface area contributed by atoms with Gasteiger partial charge in [-0.15, -0.1) is 0 Å². The highest BCUT2D eigenvalue weighted by atomic mass is 32.2. The first-order chi connectivity index (χ1) is 8.50. The number of benzene rings is 1. The maximum absolute atomic E-state index is 11.6. The van der Waals surface area contributed by atoms with Crippen molar-refractivity contribution in [1.82, 2.24) is 5.32 Å². The van der Waals surface area contributed by atoms with Crippen LogP contribution in [0, 0.1) is 0 Å². The van der Waals surface area contributed by atoms with Crippen LogP contribution in [-0.2, 0) is 9.59 Å². The van der Waals surface area contributed by atoms with Crippen LogP contribution in [0.15, 0.2) is 30.3 Å². The molecule has 0 saturated heterocycles. The van der Waals surface area contributed by atoms with Gasteiger partial charge in [-0.05, 0) is 6.92 Å². The van der Waals surface area contributed by atoms with Crippen LogP contribution < -0.4 is 5.32 Å². The van der Waals surface area contributed by atoms with Gasteiger partial charge in [-0.1, -0.05) is 42.1 Å². The molecule has 1 atom stereocenters. The van der Waals surface area contributed by atoms with Crippen LogP contribution in [0.2, 0.25) is 0 Å². The minimum atomic E-state index is -1.11. The summed E-state index contributed by atoms with van der Waals surface area (Å²) in [4.78, 5) is 33.5. The molecular weight excluding hydrogens is 254 g/mol. The number of carboxylic acid groups (broad SMARTS) is 1. The second-order valence-corrected chi connectivity index (χ2v) is 4.52. The summed E-state index contributed by atoms with van der Waals surface area (Å²) in [5.74, 6) is -1.67. The predicted octanol–water partition coefficient (Wildman–Crippen LogP) is 1.15. The number of rotatable bonds is 5. The highest BCUT2D eigenvalue weighted by molar-refractivity contribution is 8.14. The maximum Gasteiger partial charge on any atom is 0.325 e. The summed E-state index contributed by atoms with van der Waals surface area (Å²) in [6, 6.07) is 7.63. The predicted molar refractivity (Wildman–Crippen MR) is 68.5 cm³/mol. The Hall–Kier alpha value is -1.82. The summed E-state index contributed by atoms with van der Waals surface area (Å²) < 4.78 is 0. The van der Waals surface area contributed by atoms with E-state index in [4.69, 9.17) is 5.11 Å². The Morgan fingerprint density at radius 2 is 1.89 bits per heavy atom. The average Bonchev–Trinajstić information content (AvgIpc) is 2.36. The quantitative estimate of drug-likeness (QED) is 0.836. The Kier molecular flexibility index (Phi) is 5.38. The zero-order chi connectivity index (χ0) is 13.5. The van der Waals surface area contributed by atoms with E-state index < -0.39 is 17.9 Å². The largest absolute Gasteiger partial charge is 0.480 e. The van der Waals surface area contributed by atoms with Gasteiger partial charge in [-0.2, -0.15) is 0 Å². The van der Waals surface area contributed by atoms with E-state index in [1.165, 1.54) is 6.92 Å². The van der Waals surface area contributed by atoms with Gasteiger partial charge in [-0.25, -0.2) is 0 Å². The monoisotopic (exact) mass is 267 g/mol. The third-order valence-corrected chi connectivity index (χ3v) is 3.00. The van der Waals surface area contributed by atoms with Gasteiger partial charge in [0.25, 0.3) is 0 Å². The van der Waals surface area contributed by atoms with Crippen molar-refractivity contribution in [3.63, 3.8) is 0 Å². The Morgan fingerprint density at radius 1 is 1.28 bits per heavy atom. The van der Waals surface area contributed by atoms with Crippen molar-refractivity contribution in [2.45, 2.75) is 13.0 Å². The number of carbonyl (C=O) groups is 3. The molecule has 1 aromatic carbocycles. The lowest BCUT2D eigenvalue weighted by Crippen LogP contribution is -2.39. The van der Waals surface area contributed by atoms with Crippen LogP contribution in [0.4, 0.5) is 0 Å². The normalized spacial score (nSPS) is 11.6. The van der Waals surface area contributed by atoms with Gasteiger partial charge >= 0.3 is 5.97 Å². The molecule has 6 heteroatoms. The van der Waals surface area contributed by atoms with E-state index in [2.05, 4.69) is 5.32 Å². The van der Waals surface area contributed by atoms with Gasteiger partial charge in [-0.3, -0.25) is 14.4 Å². The Morgan fingerprint density at radius 3 is 2.44 bits per heavy atom. The molecule has 0 aliphatic heterocycles. The van der Waals surface area contributed by atoms with E-state index in [0.29, 0.717) is 5.56 Å². The molecule has 96 valence electrons. The van der Waals surface area contributed by atoms with Crippen molar-refractivity contribution in [3.05, 3.63) is 35.9 Å². The molecule has 0 fully saturated rings. The van der Waals surface area contributed by atoms with Crippen LogP contribution in [0.3, 0.4) is 0 Å². The molecule has 1 unspecified atom stereocenters. The van der Waals surface area contributed by atoms with Gasteiger partial charge in [0.15, 0.2) is 0 Å². The van der Waals surface area contributed by atoms with Crippen molar-refractivity contribution in [2.75, 3.05) is 5.75 Å². The Bertz CT molecular complexity index is 447. The van der Waals surface area contributed by atoms with Gasteiger partial charge in [0.1, 0.15) is 6.04 Å². The molecule has 18 heavy (non-hydrogen) atoms. The van der Waals surface area contributed by atoms with Gasteiger partial charge in [0.05, 0.1) is 5.75 Å². The summed E-state index contributed by atoms with van der Waals surface area (Å²) >= 11 is 0.847. The van der Waals surface area contributed by atoms with Crippen molar-refractivity contribution in [1.29, 1.82) is 0 Å².